The average molecular weight is 297 g/mol. The zero-order valence-corrected chi connectivity index (χ0v) is 13.9. The van der Waals surface area contributed by atoms with Gasteiger partial charge in [0.2, 0.25) is 0 Å². The third-order valence-electron chi connectivity index (χ3n) is 3.83. The standard InChI is InChI=1S/C15H27N3OS/c1-5-16-11(3)14-12(4)17-15(20-14)18(6-2)10-13-8-7-9-19-13/h11,13,16H,5-10H2,1-4H3. The van der Waals surface area contributed by atoms with Crippen LogP contribution in [-0.4, -0.2) is 37.3 Å². The lowest BCUT2D eigenvalue weighted by Crippen LogP contribution is -2.31. The van der Waals surface area contributed by atoms with Crippen molar-refractivity contribution in [3.05, 3.63) is 10.6 Å². The molecule has 2 rings (SSSR count). The molecule has 2 atom stereocenters. The molecule has 4 nitrogen and oxygen atoms in total. The van der Waals surface area contributed by atoms with Gasteiger partial charge in [-0.05, 0) is 40.2 Å². The van der Waals surface area contributed by atoms with Gasteiger partial charge < -0.3 is 15.0 Å². The van der Waals surface area contributed by atoms with Gasteiger partial charge in [-0.3, -0.25) is 0 Å². The molecule has 114 valence electrons. The van der Waals surface area contributed by atoms with E-state index in [1.807, 2.05) is 11.3 Å². The summed E-state index contributed by atoms with van der Waals surface area (Å²) in [5, 5.41) is 4.61. The third-order valence-corrected chi connectivity index (χ3v) is 5.23. The first-order chi connectivity index (χ1) is 9.65. The lowest BCUT2D eigenvalue weighted by atomic mass is 10.2. The maximum absolute atomic E-state index is 5.75. The summed E-state index contributed by atoms with van der Waals surface area (Å²) in [6.07, 6.45) is 2.76. The van der Waals surface area contributed by atoms with E-state index in [0.717, 1.165) is 37.1 Å². The highest BCUT2D eigenvalue weighted by atomic mass is 32.1. The predicted molar refractivity (Wildman–Crippen MR) is 85.8 cm³/mol. The monoisotopic (exact) mass is 297 g/mol. The molecule has 0 bridgehead atoms. The zero-order chi connectivity index (χ0) is 14.5. The number of rotatable bonds is 7. The van der Waals surface area contributed by atoms with Crippen molar-refractivity contribution in [1.29, 1.82) is 0 Å². The Morgan fingerprint density at radius 3 is 2.90 bits per heavy atom. The smallest absolute Gasteiger partial charge is 0.185 e. The zero-order valence-electron chi connectivity index (χ0n) is 13.1. The van der Waals surface area contributed by atoms with Crippen molar-refractivity contribution in [3.8, 4) is 0 Å². The van der Waals surface area contributed by atoms with Crippen molar-refractivity contribution in [2.45, 2.75) is 52.7 Å². The van der Waals surface area contributed by atoms with Gasteiger partial charge in [0.15, 0.2) is 5.13 Å². The summed E-state index contributed by atoms with van der Waals surface area (Å²) in [5.74, 6) is 0. The largest absolute Gasteiger partial charge is 0.376 e. The molecule has 1 aromatic rings. The van der Waals surface area contributed by atoms with E-state index in [4.69, 9.17) is 9.72 Å². The molecule has 2 unspecified atom stereocenters. The van der Waals surface area contributed by atoms with Gasteiger partial charge in [0.25, 0.3) is 0 Å². The number of aromatic nitrogens is 1. The van der Waals surface area contributed by atoms with Gasteiger partial charge in [0, 0.05) is 30.6 Å². The Kier molecular flexibility index (Phi) is 5.81. The molecule has 20 heavy (non-hydrogen) atoms. The van der Waals surface area contributed by atoms with Gasteiger partial charge in [-0.25, -0.2) is 4.98 Å². The Labute approximate surface area is 126 Å². The van der Waals surface area contributed by atoms with E-state index < -0.39 is 0 Å². The van der Waals surface area contributed by atoms with E-state index in [1.165, 1.54) is 17.7 Å². The molecular formula is C15H27N3OS. The van der Waals surface area contributed by atoms with Crippen molar-refractivity contribution in [2.24, 2.45) is 0 Å². The fourth-order valence-corrected chi connectivity index (χ4v) is 3.87. The summed E-state index contributed by atoms with van der Waals surface area (Å²) in [6.45, 7) is 12.5. The van der Waals surface area contributed by atoms with Crippen LogP contribution in [0.4, 0.5) is 5.13 Å². The van der Waals surface area contributed by atoms with Gasteiger partial charge in [-0.2, -0.15) is 0 Å². The van der Waals surface area contributed by atoms with Crippen molar-refractivity contribution >= 4 is 16.5 Å². The molecule has 0 aromatic carbocycles. The fourth-order valence-electron chi connectivity index (χ4n) is 2.71. The van der Waals surface area contributed by atoms with Crippen molar-refractivity contribution in [2.75, 3.05) is 31.1 Å². The van der Waals surface area contributed by atoms with Crippen LogP contribution < -0.4 is 10.2 Å². The van der Waals surface area contributed by atoms with Crippen LogP contribution in [0.5, 0.6) is 0 Å². The minimum atomic E-state index is 0.382. The molecule has 0 saturated carbocycles. The topological polar surface area (TPSA) is 37.4 Å². The highest BCUT2D eigenvalue weighted by Gasteiger charge is 2.22. The lowest BCUT2D eigenvalue weighted by molar-refractivity contribution is 0.115. The quantitative estimate of drug-likeness (QED) is 0.839. The Morgan fingerprint density at radius 1 is 1.50 bits per heavy atom. The molecule has 0 aliphatic carbocycles. The molecular weight excluding hydrogens is 270 g/mol. The molecule has 5 heteroatoms. The van der Waals surface area contributed by atoms with Crippen LogP contribution >= 0.6 is 11.3 Å². The summed E-state index contributed by atoms with van der Waals surface area (Å²) < 4.78 is 5.75. The van der Waals surface area contributed by atoms with E-state index in [0.29, 0.717) is 12.1 Å². The summed E-state index contributed by atoms with van der Waals surface area (Å²) in [6, 6.07) is 0.382. The number of anilines is 1. The summed E-state index contributed by atoms with van der Waals surface area (Å²) >= 11 is 1.82. The van der Waals surface area contributed by atoms with E-state index >= 15 is 0 Å². The van der Waals surface area contributed by atoms with Crippen LogP contribution in [0.25, 0.3) is 0 Å². The van der Waals surface area contributed by atoms with Crippen LogP contribution in [-0.2, 0) is 4.74 Å². The van der Waals surface area contributed by atoms with Crippen molar-refractivity contribution in [3.63, 3.8) is 0 Å². The number of aryl methyl sites for hydroxylation is 1. The minimum Gasteiger partial charge on any atom is -0.376 e. The number of thiazole rings is 1. The van der Waals surface area contributed by atoms with Crippen LogP contribution in [0.1, 0.15) is 50.2 Å². The van der Waals surface area contributed by atoms with E-state index in [-0.39, 0.29) is 0 Å². The normalized spacial score (nSPS) is 20.3. The summed E-state index contributed by atoms with van der Waals surface area (Å²) in [4.78, 5) is 8.49. The number of hydrogen-bond acceptors (Lipinski definition) is 5. The fraction of sp³-hybridized carbons (Fsp3) is 0.800. The summed E-state index contributed by atoms with van der Waals surface area (Å²) in [5.41, 5.74) is 1.16. The molecule has 1 N–H and O–H groups in total. The Bertz CT molecular complexity index is 415. The first-order valence-electron chi connectivity index (χ1n) is 7.72. The molecule has 1 aromatic heterocycles. The van der Waals surface area contributed by atoms with Crippen molar-refractivity contribution in [1.82, 2.24) is 10.3 Å². The molecule has 1 saturated heterocycles. The highest BCUT2D eigenvalue weighted by molar-refractivity contribution is 7.15. The maximum Gasteiger partial charge on any atom is 0.185 e. The third kappa shape index (κ3) is 3.71. The van der Waals surface area contributed by atoms with Crippen LogP contribution in [0.2, 0.25) is 0 Å². The van der Waals surface area contributed by atoms with E-state index in [1.54, 1.807) is 0 Å². The van der Waals surface area contributed by atoms with Gasteiger partial charge >= 0.3 is 0 Å². The summed E-state index contributed by atoms with van der Waals surface area (Å²) in [7, 11) is 0. The van der Waals surface area contributed by atoms with E-state index in [2.05, 4.69) is 37.9 Å². The number of ether oxygens (including phenoxy) is 1. The van der Waals surface area contributed by atoms with Gasteiger partial charge in [-0.1, -0.05) is 6.92 Å². The second-order valence-corrected chi connectivity index (χ2v) is 6.41. The number of likely N-dealkylation sites (N-methyl/N-ethyl adjacent to an activating group) is 1. The van der Waals surface area contributed by atoms with Gasteiger partial charge in [0.1, 0.15) is 0 Å². The Balaban J connectivity index is 2.07. The molecule has 2 heterocycles. The molecule has 0 amide bonds. The van der Waals surface area contributed by atoms with Crippen molar-refractivity contribution < 1.29 is 4.74 Å². The number of hydrogen-bond donors (Lipinski definition) is 1. The van der Waals surface area contributed by atoms with Crippen LogP contribution in [0.3, 0.4) is 0 Å². The average Bonchev–Trinajstić information content (AvgIpc) is 3.05. The van der Waals surface area contributed by atoms with Crippen LogP contribution in [0.15, 0.2) is 0 Å². The Morgan fingerprint density at radius 2 is 2.30 bits per heavy atom. The molecule has 1 aliphatic heterocycles. The first-order valence-corrected chi connectivity index (χ1v) is 8.54. The van der Waals surface area contributed by atoms with Gasteiger partial charge in [0.05, 0.1) is 11.8 Å². The molecule has 1 aliphatic rings. The second-order valence-electron chi connectivity index (χ2n) is 5.40. The number of nitrogens with zero attached hydrogens (tertiary/aromatic N) is 2. The molecule has 1 fully saturated rings. The highest BCUT2D eigenvalue weighted by Crippen LogP contribution is 2.31. The predicted octanol–water partition coefficient (Wildman–Crippen LogP) is 3.13. The minimum absolute atomic E-state index is 0.382. The lowest BCUT2D eigenvalue weighted by Gasteiger charge is -2.23. The first kappa shape index (κ1) is 15.7. The SMILES string of the molecule is CCNC(C)c1sc(N(CC)CC2CCCO2)nc1C. The molecule has 0 radical (unpaired) electrons. The second kappa shape index (κ2) is 7.38. The molecule has 0 spiro atoms. The number of nitrogens with one attached hydrogen (secondary N) is 1. The maximum atomic E-state index is 5.75. The Hall–Kier alpha value is -0.650. The van der Waals surface area contributed by atoms with E-state index in [9.17, 15) is 0 Å². The van der Waals surface area contributed by atoms with Crippen LogP contribution in [0, 0.1) is 6.92 Å². The van der Waals surface area contributed by atoms with Gasteiger partial charge in [-0.15, -0.1) is 11.3 Å².